The van der Waals surface area contributed by atoms with E-state index in [1.165, 1.54) is 11.1 Å². The Labute approximate surface area is 114 Å². The predicted molar refractivity (Wildman–Crippen MR) is 73.8 cm³/mol. The van der Waals surface area contributed by atoms with Crippen molar-refractivity contribution in [2.45, 2.75) is 38.1 Å². The van der Waals surface area contributed by atoms with Crippen molar-refractivity contribution in [1.29, 1.82) is 0 Å². The molecule has 0 bridgehead atoms. The molecule has 3 unspecified atom stereocenters. The molecule has 0 heterocycles. The molecule has 0 aliphatic heterocycles. The fourth-order valence-electron chi connectivity index (χ4n) is 3.38. The number of aliphatic hydroxyl groups excluding tert-OH is 1. The number of fused-ring (bicyclic) bond motifs is 3. The number of aliphatic hydroxyl groups is 1. The summed E-state index contributed by atoms with van der Waals surface area (Å²) in [5.74, 6) is 1.11. The molecule has 1 aromatic carbocycles. The van der Waals surface area contributed by atoms with Gasteiger partial charge in [0, 0.05) is 5.92 Å². The Morgan fingerprint density at radius 3 is 2.89 bits per heavy atom. The SMILES string of the molecule is CC(C)(CO)NC(=O)C1C2CCc3ccccc3C21. The van der Waals surface area contributed by atoms with Crippen LogP contribution in [0.15, 0.2) is 24.3 Å². The lowest BCUT2D eigenvalue weighted by Gasteiger charge is -2.23. The van der Waals surface area contributed by atoms with E-state index in [9.17, 15) is 9.90 Å². The number of nitrogens with one attached hydrogen (secondary N) is 1. The van der Waals surface area contributed by atoms with E-state index in [2.05, 4.69) is 29.6 Å². The van der Waals surface area contributed by atoms with Gasteiger partial charge in [0.25, 0.3) is 0 Å². The van der Waals surface area contributed by atoms with Crippen molar-refractivity contribution in [3.63, 3.8) is 0 Å². The van der Waals surface area contributed by atoms with Crippen molar-refractivity contribution in [2.75, 3.05) is 6.61 Å². The zero-order valence-corrected chi connectivity index (χ0v) is 11.5. The third-order valence-corrected chi connectivity index (χ3v) is 4.49. The Morgan fingerprint density at radius 2 is 2.16 bits per heavy atom. The highest BCUT2D eigenvalue weighted by molar-refractivity contribution is 5.84. The second kappa shape index (κ2) is 4.34. The van der Waals surface area contributed by atoms with Gasteiger partial charge in [-0.05, 0) is 49.7 Å². The second-order valence-corrected chi connectivity index (χ2v) is 6.48. The van der Waals surface area contributed by atoms with E-state index in [0.717, 1.165) is 12.8 Å². The van der Waals surface area contributed by atoms with Crippen LogP contribution < -0.4 is 5.32 Å². The molecule has 1 amide bonds. The van der Waals surface area contributed by atoms with Gasteiger partial charge in [0.2, 0.25) is 5.91 Å². The summed E-state index contributed by atoms with van der Waals surface area (Å²) in [7, 11) is 0. The normalized spacial score (nSPS) is 28.3. The van der Waals surface area contributed by atoms with Gasteiger partial charge < -0.3 is 10.4 Å². The molecule has 2 N–H and O–H groups in total. The molecule has 3 nitrogen and oxygen atoms in total. The number of amides is 1. The second-order valence-electron chi connectivity index (χ2n) is 6.48. The van der Waals surface area contributed by atoms with Crippen molar-refractivity contribution < 1.29 is 9.90 Å². The van der Waals surface area contributed by atoms with Gasteiger partial charge in [-0.3, -0.25) is 4.79 Å². The van der Waals surface area contributed by atoms with Crippen LogP contribution in [0, 0.1) is 11.8 Å². The minimum Gasteiger partial charge on any atom is -0.394 e. The largest absolute Gasteiger partial charge is 0.394 e. The average Bonchev–Trinajstić information content (AvgIpc) is 3.13. The predicted octanol–water partition coefficient (Wildman–Crippen LogP) is 1.85. The number of carbonyl (C=O) groups is 1. The molecule has 3 heteroatoms. The van der Waals surface area contributed by atoms with Gasteiger partial charge >= 0.3 is 0 Å². The van der Waals surface area contributed by atoms with E-state index in [1.54, 1.807) is 0 Å². The fourth-order valence-corrected chi connectivity index (χ4v) is 3.38. The third kappa shape index (κ3) is 2.16. The molecule has 19 heavy (non-hydrogen) atoms. The quantitative estimate of drug-likeness (QED) is 0.870. The topological polar surface area (TPSA) is 49.3 Å². The zero-order valence-electron chi connectivity index (χ0n) is 11.5. The number of benzene rings is 1. The van der Waals surface area contributed by atoms with Gasteiger partial charge in [-0.25, -0.2) is 0 Å². The molecule has 2 aliphatic rings. The van der Waals surface area contributed by atoms with E-state index < -0.39 is 5.54 Å². The fraction of sp³-hybridized carbons (Fsp3) is 0.562. The third-order valence-electron chi connectivity index (χ3n) is 4.49. The first-order chi connectivity index (χ1) is 9.03. The van der Waals surface area contributed by atoms with Crippen LogP contribution in [0.1, 0.15) is 37.3 Å². The summed E-state index contributed by atoms with van der Waals surface area (Å²) in [5.41, 5.74) is 2.24. The van der Waals surface area contributed by atoms with Crippen LogP contribution in [0.3, 0.4) is 0 Å². The van der Waals surface area contributed by atoms with Crippen LogP contribution in [0.25, 0.3) is 0 Å². The molecule has 3 rings (SSSR count). The van der Waals surface area contributed by atoms with Crippen LogP contribution in [-0.4, -0.2) is 23.2 Å². The van der Waals surface area contributed by atoms with Crippen molar-refractivity contribution in [3.8, 4) is 0 Å². The van der Waals surface area contributed by atoms with Gasteiger partial charge in [0.15, 0.2) is 0 Å². The molecule has 0 aromatic heterocycles. The number of rotatable bonds is 3. The molecule has 2 aliphatic carbocycles. The molecule has 3 atom stereocenters. The Balaban J connectivity index is 1.76. The molecule has 1 aromatic rings. The van der Waals surface area contributed by atoms with Crippen molar-refractivity contribution in [2.24, 2.45) is 11.8 Å². The Hall–Kier alpha value is -1.35. The summed E-state index contributed by atoms with van der Waals surface area (Å²) in [4.78, 5) is 12.3. The smallest absolute Gasteiger partial charge is 0.224 e. The first-order valence-corrected chi connectivity index (χ1v) is 7.04. The molecule has 1 fully saturated rings. The van der Waals surface area contributed by atoms with E-state index in [4.69, 9.17) is 0 Å². The van der Waals surface area contributed by atoms with E-state index in [0.29, 0.717) is 11.8 Å². The summed E-state index contributed by atoms with van der Waals surface area (Å²) in [5, 5.41) is 12.2. The van der Waals surface area contributed by atoms with Gasteiger partial charge in [0.05, 0.1) is 12.1 Å². The minimum absolute atomic E-state index is 0.0304. The lowest BCUT2D eigenvalue weighted by atomic mass is 9.92. The summed E-state index contributed by atoms with van der Waals surface area (Å²) in [6, 6.07) is 8.48. The van der Waals surface area contributed by atoms with E-state index in [-0.39, 0.29) is 18.4 Å². The highest BCUT2D eigenvalue weighted by Crippen LogP contribution is 2.59. The van der Waals surface area contributed by atoms with Crippen molar-refractivity contribution >= 4 is 5.91 Å². The maximum Gasteiger partial charge on any atom is 0.224 e. The number of hydrogen-bond donors (Lipinski definition) is 2. The van der Waals surface area contributed by atoms with Crippen molar-refractivity contribution in [3.05, 3.63) is 35.4 Å². The summed E-state index contributed by atoms with van der Waals surface area (Å²) < 4.78 is 0. The number of carbonyl (C=O) groups excluding carboxylic acids is 1. The minimum atomic E-state index is -0.525. The highest BCUT2D eigenvalue weighted by atomic mass is 16.3. The maximum absolute atomic E-state index is 12.3. The molecule has 0 radical (unpaired) electrons. The molecule has 1 saturated carbocycles. The lowest BCUT2D eigenvalue weighted by molar-refractivity contribution is -0.124. The lowest BCUT2D eigenvalue weighted by Crippen LogP contribution is -2.47. The molecule has 102 valence electrons. The van der Waals surface area contributed by atoms with Gasteiger partial charge in [-0.1, -0.05) is 24.3 Å². The van der Waals surface area contributed by atoms with Crippen molar-refractivity contribution in [1.82, 2.24) is 5.32 Å². The van der Waals surface area contributed by atoms with E-state index >= 15 is 0 Å². The van der Waals surface area contributed by atoms with Crippen LogP contribution in [0.5, 0.6) is 0 Å². The number of hydrogen-bond acceptors (Lipinski definition) is 2. The van der Waals surface area contributed by atoms with Gasteiger partial charge in [0.1, 0.15) is 0 Å². The zero-order chi connectivity index (χ0) is 13.6. The number of aryl methyl sites for hydroxylation is 1. The molecule has 0 saturated heterocycles. The van der Waals surface area contributed by atoms with Gasteiger partial charge in [-0.2, -0.15) is 0 Å². The summed E-state index contributed by atoms with van der Waals surface area (Å²) in [6.07, 6.45) is 2.20. The first kappa shape index (κ1) is 12.7. The first-order valence-electron chi connectivity index (χ1n) is 7.04. The maximum atomic E-state index is 12.3. The Bertz CT molecular complexity index is 509. The highest BCUT2D eigenvalue weighted by Gasteiger charge is 2.57. The van der Waals surface area contributed by atoms with Crippen LogP contribution in [0.2, 0.25) is 0 Å². The summed E-state index contributed by atoms with van der Waals surface area (Å²) in [6.45, 7) is 3.67. The Kier molecular flexibility index (Phi) is 2.90. The standard InChI is InChI=1S/C16H21NO2/c1-16(2,9-18)17-15(19)14-12-8-7-10-5-3-4-6-11(10)13(12)14/h3-6,12-14,18H,7-9H2,1-2H3,(H,17,19). The average molecular weight is 259 g/mol. The van der Waals surface area contributed by atoms with Crippen LogP contribution >= 0.6 is 0 Å². The van der Waals surface area contributed by atoms with Gasteiger partial charge in [-0.15, -0.1) is 0 Å². The summed E-state index contributed by atoms with van der Waals surface area (Å²) >= 11 is 0. The van der Waals surface area contributed by atoms with Crippen LogP contribution in [-0.2, 0) is 11.2 Å². The molecular weight excluding hydrogens is 238 g/mol. The van der Waals surface area contributed by atoms with E-state index in [1.807, 2.05) is 13.8 Å². The Morgan fingerprint density at radius 1 is 1.42 bits per heavy atom. The monoisotopic (exact) mass is 259 g/mol. The van der Waals surface area contributed by atoms with Crippen LogP contribution in [0.4, 0.5) is 0 Å². The molecule has 0 spiro atoms. The molecular formula is C16H21NO2.